The molecule has 1 heterocycles. The summed E-state index contributed by atoms with van der Waals surface area (Å²) in [4.78, 5) is 15.2. The molecule has 1 aliphatic heterocycles. The van der Waals surface area contributed by atoms with Crippen molar-refractivity contribution in [3.05, 3.63) is 0 Å². The number of piperidine rings is 1. The molecule has 1 amide bonds. The van der Waals surface area contributed by atoms with Gasteiger partial charge in [0.25, 0.3) is 0 Å². The van der Waals surface area contributed by atoms with Crippen LogP contribution in [0.15, 0.2) is 5.16 Å². The molecule has 0 saturated carbocycles. The average molecular weight is 297 g/mol. The summed E-state index contributed by atoms with van der Waals surface area (Å²) in [6.07, 6.45) is 5.11. The van der Waals surface area contributed by atoms with E-state index in [1.165, 1.54) is 0 Å². The molecule has 0 bridgehead atoms. The molecule has 0 spiro atoms. The minimum absolute atomic E-state index is 0.0422. The van der Waals surface area contributed by atoms with Crippen molar-refractivity contribution in [1.29, 1.82) is 0 Å². The highest BCUT2D eigenvalue weighted by molar-refractivity contribution is 6.06. The Morgan fingerprint density at radius 2 is 1.86 bits per heavy atom. The third-order valence-electron chi connectivity index (χ3n) is 4.74. The molecule has 5 heteroatoms. The first-order chi connectivity index (χ1) is 9.92. The maximum Gasteiger partial charge on any atom is 0.236 e. The van der Waals surface area contributed by atoms with Crippen LogP contribution >= 0.6 is 0 Å². The zero-order valence-electron chi connectivity index (χ0n) is 13.9. The molecule has 21 heavy (non-hydrogen) atoms. The van der Waals surface area contributed by atoms with Crippen LogP contribution < -0.4 is 5.73 Å². The van der Waals surface area contributed by atoms with E-state index in [1.54, 1.807) is 0 Å². The molecule has 1 fully saturated rings. The first-order valence-corrected chi connectivity index (χ1v) is 8.22. The zero-order valence-corrected chi connectivity index (χ0v) is 13.9. The maximum atomic E-state index is 13.2. The van der Waals surface area contributed by atoms with E-state index in [4.69, 9.17) is 5.73 Å². The summed E-state index contributed by atoms with van der Waals surface area (Å²) in [5, 5.41) is 12.4. The van der Waals surface area contributed by atoms with E-state index in [-0.39, 0.29) is 17.8 Å². The van der Waals surface area contributed by atoms with Crippen molar-refractivity contribution in [2.24, 2.45) is 22.2 Å². The largest absolute Gasteiger partial charge is 0.409 e. The van der Waals surface area contributed by atoms with Gasteiger partial charge in [-0.3, -0.25) is 4.79 Å². The van der Waals surface area contributed by atoms with Crippen LogP contribution in [0.2, 0.25) is 0 Å². The lowest BCUT2D eigenvalue weighted by Crippen LogP contribution is -2.56. The Hall–Kier alpha value is -1.26. The Morgan fingerprint density at radius 3 is 2.33 bits per heavy atom. The normalized spacial score (nSPS) is 24.2. The summed E-state index contributed by atoms with van der Waals surface area (Å²) in [6.45, 7) is 9.11. The van der Waals surface area contributed by atoms with Gasteiger partial charge in [-0.05, 0) is 38.5 Å². The van der Waals surface area contributed by atoms with Crippen molar-refractivity contribution < 1.29 is 10.0 Å². The Morgan fingerprint density at radius 1 is 1.29 bits per heavy atom. The van der Waals surface area contributed by atoms with E-state index in [1.807, 2.05) is 18.7 Å². The molecule has 2 unspecified atom stereocenters. The molecule has 3 N–H and O–H groups in total. The van der Waals surface area contributed by atoms with Crippen LogP contribution in [0.25, 0.3) is 0 Å². The minimum Gasteiger partial charge on any atom is -0.409 e. The number of likely N-dealkylation sites (tertiary alicyclic amines) is 1. The summed E-state index contributed by atoms with van der Waals surface area (Å²) >= 11 is 0. The molecule has 0 aromatic heterocycles. The van der Waals surface area contributed by atoms with Crippen LogP contribution in [0.4, 0.5) is 0 Å². The number of amides is 1. The second kappa shape index (κ2) is 7.66. The van der Waals surface area contributed by atoms with Crippen LogP contribution in [0.1, 0.15) is 66.2 Å². The molecular weight excluding hydrogens is 266 g/mol. The molecule has 0 aromatic rings. The van der Waals surface area contributed by atoms with Gasteiger partial charge in [0.15, 0.2) is 5.84 Å². The predicted molar refractivity (Wildman–Crippen MR) is 85.2 cm³/mol. The summed E-state index contributed by atoms with van der Waals surface area (Å²) < 4.78 is 0. The molecule has 1 rings (SSSR count). The van der Waals surface area contributed by atoms with Crippen molar-refractivity contribution in [3.8, 4) is 0 Å². The Bertz CT molecular complexity index is 376. The standard InChI is InChI=1S/C16H31N3O2/c1-5-9-16(10-6-2,14(17)18-21)15(20)19-11-12(3)7-8-13(19)4/h12-13,21H,5-11H2,1-4H3,(H2,17,18). The summed E-state index contributed by atoms with van der Waals surface area (Å²) in [7, 11) is 0. The number of nitrogens with zero attached hydrogens (tertiary/aromatic N) is 2. The third-order valence-corrected chi connectivity index (χ3v) is 4.74. The van der Waals surface area contributed by atoms with Crippen LogP contribution in [-0.2, 0) is 4.79 Å². The SMILES string of the molecule is CCCC(CCC)(C(=O)N1CC(C)CCC1C)C(N)=NO. The topological polar surface area (TPSA) is 78.9 Å². The van der Waals surface area contributed by atoms with Gasteiger partial charge in [-0.1, -0.05) is 38.8 Å². The molecule has 1 aliphatic rings. The fraction of sp³-hybridized carbons (Fsp3) is 0.875. The zero-order chi connectivity index (χ0) is 16.0. The summed E-state index contributed by atoms with van der Waals surface area (Å²) in [6, 6.07) is 0.230. The van der Waals surface area contributed by atoms with Crippen molar-refractivity contribution in [3.63, 3.8) is 0 Å². The van der Waals surface area contributed by atoms with Crippen molar-refractivity contribution in [1.82, 2.24) is 4.90 Å². The van der Waals surface area contributed by atoms with Crippen molar-refractivity contribution >= 4 is 11.7 Å². The van der Waals surface area contributed by atoms with Gasteiger partial charge in [0, 0.05) is 12.6 Å². The van der Waals surface area contributed by atoms with Gasteiger partial charge in [0.05, 0.1) is 0 Å². The second-order valence-electron chi connectivity index (χ2n) is 6.56. The molecule has 0 aromatic carbocycles. The van der Waals surface area contributed by atoms with Crippen LogP contribution in [0, 0.1) is 11.3 Å². The van der Waals surface area contributed by atoms with E-state index in [0.29, 0.717) is 18.8 Å². The molecular formula is C16H31N3O2. The van der Waals surface area contributed by atoms with Crippen molar-refractivity contribution in [2.75, 3.05) is 6.54 Å². The number of carbonyl (C=O) groups is 1. The molecule has 5 nitrogen and oxygen atoms in total. The fourth-order valence-corrected chi connectivity index (χ4v) is 3.50. The van der Waals surface area contributed by atoms with E-state index >= 15 is 0 Å². The summed E-state index contributed by atoms with van der Waals surface area (Å²) in [5.41, 5.74) is 5.12. The molecule has 2 atom stereocenters. The number of rotatable bonds is 6. The summed E-state index contributed by atoms with van der Waals surface area (Å²) in [5.74, 6) is 0.626. The first kappa shape index (κ1) is 17.8. The van der Waals surface area contributed by atoms with Gasteiger partial charge in [-0.2, -0.15) is 0 Å². The van der Waals surface area contributed by atoms with Crippen LogP contribution in [-0.4, -0.2) is 34.4 Å². The van der Waals surface area contributed by atoms with Crippen LogP contribution in [0.3, 0.4) is 0 Å². The van der Waals surface area contributed by atoms with Gasteiger partial charge in [-0.15, -0.1) is 0 Å². The third kappa shape index (κ3) is 3.69. The quantitative estimate of drug-likeness (QED) is 0.342. The van der Waals surface area contributed by atoms with E-state index in [9.17, 15) is 10.0 Å². The fourth-order valence-electron chi connectivity index (χ4n) is 3.50. The van der Waals surface area contributed by atoms with Gasteiger partial charge in [0.2, 0.25) is 5.91 Å². The second-order valence-corrected chi connectivity index (χ2v) is 6.56. The smallest absolute Gasteiger partial charge is 0.236 e. The molecule has 0 aliphatic carbocycles. The van der Waals surface area contributed by atoms with E-state index in [0.717, 1.165) is 32.2 Å². The van der Waals surface area contributed by atoms with Gasteiger partial charge < -0.3 is 15.8 Å². The molecule has 1 saturated heterocycles. The highest BCUT2D eigenvalue weighted by Gasteiger charge is 2.45. The van der Waals surface area contributed by atoms with E-state index in [2.05, 4.69) is 19.0 Å². The highest BCUT2D eigenvalue weighted by Crippen LogP contribution is 2.35. The number of nitrogens with two attached hydrogens (primary N) is 1. The Kier molecular flexibility index (Phi) is 6.49. The lowest BCUT2D eigenvalue weighted by Gasteiger charge is -2.43. The monoisotopic (exact) mass is 297 g/mol. The minimum atomic E-state index is -0.844. The van der Waals surface area contributed by atoms with E-state index < -0.39 is 5.41 Å². The lowest BCUT2D eigenvalue weighted by atomic mass is 9.75. The number of hydrogen-bond donors (Lipinski definition) is 2. The number of hydrogen-bond acceptors (Lipinski definition) is 3. The van der Waals surface area contributed by atoms with Gasteiger partial charge in [0.1, 0.15) is 5.41 Å². The molecule has 0 radical (unpaired) electrons. The Balaban J connectivity index is 3.13. The average Bonchev–Trinajstić information content (AvgIpc) is 2.47. The lowest BCUT2D eigenvalue weighted by molar-refractivity contribution is -0.143. The number of carbonyl (C=O) groups excluding carboxylic acids is 1. The predicted octanol–water partition coefficient (Wildman–Crippen LogP) is 2.97. The molecule has 122 valence electrons. The van der Waals surface area contributed by atoms with Crippen molar-refractivity contribution in [2.45, 2.75) is 72.3 Å². The Labute approximate surface area is 128 Å². The maximum absolute atomic E-state index is 13.2. The highest BCUT2D eigenvalue weighted by atomic mass is 16.4. The van der Waals surface area contributed by atoms with Gasteiger partial charge >= 0.3 is 0 Å². The van der Waals surface area contributed by atoms with Crippen LogP contribution in [0.5, 0.6) is 0 Å². The first-order valence-electron chi connectivity index (χ1n) is 8.22. The number of oxime groups is 1. The van der Waals surface area contributed by atoms with Gasteiger partial charge in [-0.25, -0.2) is 0 Å². The number of amidine groups is 1.